The summed E-state index contributed by atoms with van der Waals surface area (Å²) in [6.07, 6.45) is 5.25. The highest BCUT2D eigenvalue weighted by Crippen LogP contribution is 2.33. The average molecular weight is 346 g/mol. The van der Waals surface area contributed by atoms with Crippen LogP contribution in [0.3, 0.4) is 0 Å². The second-order valence-electron chi connectivity index (χ2n) is 7.48. The number of aliphatic hydroxyl groups excluding tert-OH is 1. The van der Waals surface area contributed by atoms with E-state index in [0.717, 1.165) is 12.0 Å². The van der Waals surface area contributed by atoms with Crippen molar-refractivity contribution in [3.05, 3.63) is 35.9 Å². The minimum Gasteiger partial charge on any atom is -0.389 e. The molecule has 2 fully saturated rings. The maximum absolute atomic E-state index is 12.6. The number of amides is 1. The maximum Gasteiger partial charge on any atom is 0.239 e. The van der Waals surface area contributed by atoms with E-state index in [4.69, 9.17) is 4.74 Å². The molecule has 5 nitrogen and oxygen atoms in total. The van der Waals surface area contributed by atoms with E-state index in [9.17, 15) is 9.90 Å². The summed E-state index contributed by atoms with van der Waals surface area (Å²) in [5.74, 6) is 0.742. The third-order valence-electron chi connectivity index (χ3n) is 5.44. The molecule has 1 aromatic carbocycles. The molecule has 0 radical (unpaired) electrons. The van der Waals surface area contributed by atoms with Gasteiger partial charge in [0.15, 0.2) is 0 Å². The normalized spacial score (nSPS) is 26.9. The summed E-state index contributed by atoms with van der Waals surface area (Å²) in [6.45, 7) is 1.01. The van der Waals surface area contributed by atoms with Gasteiger partial charge in [0.25, 0.3) is 0 Å². The first-order valence-corrected chi connectivity index (χ1v) is 9.44. The molecule has 4 atom stereocenters. The Labute approximate surface area is 150 Å². The van der Waals surface area contributed by atoms with E-state index in [2.05, 4.69) is 5.32 Å². The lowest BCUT2D eigenvalue weighted by Crippen LogP contribution is -2.46. The SMILES string of the molecule is CN(CC(O)COCc1ccccc1)C(=O)C1CC2CCCCC2N1. The first-order valence-electron chi connectivity index (χ1n) is 9.44. The van der Waals surface area contributed by atoms with Crippen LogP contribution in [0.1, 0.15) is 37.7 Å². The van der Waals surface area contributed by atoms with E-state index in [1.165, 1.54) is 25.7 Å². The highest BCUT2D eigenvalue weighted by molar-refractivity contribution is 5.82. The molecule has 1 heterocycles. The Kier molecular flexibility index (Phi) is 6.45. The van der Waals surface area contributed by atoms with E-state index in [-0.39, 0.29) is 18.6 Å². The Balaban J connectivity index is 1.39. The summed E-state index contributed by atoms with van der Waals surface area (Å²) in [4.78, 5) is 14.3. The predicted molar refractivity (Wildman–Crippen MR) is 97.0 cm³/mol. The Hall–Kier alpha value is -1.43. The number of fused-ring (bicyclic) bond motifs is 1. The molecular weight excluding hydrogens is 316 g/mol. The standard InChI is InChI=1S/C20H30N2O3/c1-22(12-17(23)14-25-13-15-7-3-2-4-8-15)20(24)19-11-16-9-5-6-10-18(16)21-19/h2-4,7-8,16-19,21,23H,5-6,9-14H2,1H3. The molecule has 0 bridgehead atoms. The van der Waals surface area contributed by atoms with Crippen LogP contribution in [0.4, 0.5) is 0 Å². The fourth-order valence-electron chi connectivity index (χ4n) is 4.12. The minimum atomic E-state index is -0.665. The lowest BCUT2D eigenvalue weighted by Gasteiger charge is -2.25. The zero-order valence-electron chi connectivity index (χ0n) is 15.1. The zero-order valence-corrected chi connectivity index (χ0v) is 15.1. The van der Waals surface area contributed by atoms with Gasteiger partial charge in [-0.1, -0.05) is 43.2 Å². The molecule has 25 heavy (non-hydrogen) atoms. The Morgan fingerprint density at radius 1 is 1.32 bits per heavy atom. The summed E-state index contributed by atoms with van der Waals surface area (Å²) < 4.78 is 5.56. The molecule has 138 valence electrons. The molecule has 0 spiro atoms. The molecular formula is C20H30N2O3. The number of likely N-dealkylation sites (N-methyl/N-ethyl adjacent to an activating group) is 1. The molecule has 5 heteroatoms. The fraction of sp³-hybridized carbons (Fsp3) is 0.650. The molecule has 1 saturated heterocycles. The molecule has 0 aromatic heterocycles. The molecule has 2 N–H and O–H groups in total. The summed E-state index contributed by atoms with van der Waals surface area (Å²) in [5, 5.41) is 13.7. The average Bonchev–Trinajstić information content (AvgIpc) is 3.06. The van der Waals surface area contributed by atoms with Crippen molar-refractivity contribution in [2.45, 2.75) is 56.9 Å². The van der Waals surface area contributed by atoms with Crippen molar-refractivity contribution >= 4 is 5.91 Å². The molecule has 3 rings (SSSR count). The molecule has 1 saturated carbocycles. The number of aliphatic hydroxyl groups is 1. The number of ether oxygens (including phenoxy) is 1. The van der Waals surface area contributed by atoms with Crippen LogP contribution in [0.2, 0.25) is 0 Å². The van der Waals surface area contributed by atoms with Crippen LogP contribution in [-0.2, 0) is 16.1 Å². The van der Waals surface area contributed by atoms with Crippen LogP contribution in [0.25, 0.3) is 0 Å². The monoisotopic (exact) mass is 346 g/mol. The van der Waals surface area contributed by atoms with Crippen molar-refractivity contribution < 1.29 is 14.6 Å². The second-order valence-corrected chi connectivity index (χ2v) is 7.48. The van der Waals surface area contributed by atoms with Gasteiger partial charge < -0.3 is 20.1 Å². The van der Waals surface area contributed by atoms with Gasteiger partial charge in [0.05, 0.1) is 25.4 Å². The van der Waals surface area contributed by atoms with E-state index in [0.29, 0.717) is 25.1 Å². The Morgan fingerprint density at radius 2 is 2.08 bits per heavy atom. The number of carbonyl (C=O) groups is 1. The summed E-state index contributed by atoms with van der Waals surface area (Å²) in [6, 6.07) is 10.3. The minimum absolute atomic E-state index is 0.0875. The van der Waals surface area contributed by atoms with Gasteiger partial charge in [-0.15, -0.1) is 0 Å². The molecule has 2 aliphatic rings. The van der Waals surface area contributed by atoms with Crippen molar-refractivity contribution in [3.63, 3.8) is 0 Å². The highest BCUT2D eigenvalue weighted by Gasteiger charge is 2.39. The van der Waals surface area contributed by atoms with E-state index in [1.54, 1.807) is 11.9 Å². The number of benzene rings is 1. The predicted octanol–water partition coefficient (Wildman–Crippen LogP) is 1.94. The van der Waals surface area contributed by atoms with E-state index in [1.807, 2.05) is 30.3 Å². The number of nitrogens with one attached hydrogen (secondary N) is 1. The summed E-state index contributed by atoms with van der Waals surface area (Å²) >= 11 is 0. The van der Waals surface area contributed by atoms with Gasteiger partial charge in [-0.25, -0.2) is 0 Å². The maximum atomic E-state index is 12.6. The van der Waals surface area contributed by atoms with Crippen LogP contribution < -0.4 is 5.32 Å². The summed E-state index contributed by atoms with van der Waals surface area (Å²) in [7, 11) is 1.77. The van der Waals surface area contributed by atoms with Crippen molar-refractivity contribution in [3.8, 4) is 0 Å². The van der Waals surface area contributed by atoms with Crippen LogP contribution in [-0.4, -0.2) is 54.3 Å². The lowest BCUT2D eigenvalue weighted by molar-refractivity contribution is -0.133. The summed E-state index contributed by atoms with van der Waals surface area (Å²) in [5.41, 5.74) is 1.08. The van der Waals surface area contributed by atoms with E-state index >= 15 is 0 Å². The molecule has 1 amide bonds. The first kappa shape index (κ1) is 18.4. The fourth-order valence-corrected chi connectivity index (χ4v) is 4.12. The first-order chi connectivity index (χ1) is 12.1. The van der Waals surface area contributed by atoms with Gasteiger partial charge in [-0.2, -0.15) is 0 Å². The smallest absolute Gasteiger partial charge is 0.239 e. The van der Waals surface area contributed by atoms with Gasteiger partial charge >= 0.3 is 0 Å². The Bertz CT molecular complexity index is 537. The highest BCUT2D eigenvalue weighted by atomic mass is 16.5. The number of nitrogens with zero attached hydrogens (tertiary/aromatic N) is 1. The quantitative estimate of drug-likeness (QED) is 0.792. The molecule has 1 aromatic rings. The van der Waals surface area contributed by atoms with Crippen molar-refractivity contribution in [1.29, 1.82) is 0 Å². The van der Waals surface area contributed by atoms with Gasteiger partial charge in [0, 0.05) is 19.6 Å². The van der Waals surface area contributed by atoms with Gasteiger partial charge in [0.2, 0.25) is 5.91 Å². The van der Waals surface area contributed by atoms with Gasteiger partial charge in [0.1, 0.15) is 0 Å². The van der Waals surface area contributed by atoms with Gasteiger partial charge in [-0.05, 0) is 30.7 Å². The van der Waals surface area contributed by atoms with Crippen molar-refractivity contribution in [1.82, 2.24) is 10.2 Å². The number of hydrogen-bond donors (Lipinski definition) is 2. The third-order valence-corrected chi connectivity index (χ3v) is 5.44. The lowest BCUT2D eigenvalue weighted by atomic mass is 9.85. The zero-order chi connectivity index (χ0) is 17.6. The molecule has 4 unspecified atom stereocenters. The van der Waals surface area contributed by atoms with Crippen LogP contribution >= 0.6 is 0 Å². The molecule has 1 aliphatic carbocycles. The van der Waals surface area contributed by atoms with Crippen molar-refractivity contribution in [2.75, 3.05) is 20.2 Å². The topological polar surface area (TPSA) is 61.8 Å². The second kappa shape index (κ2) is 8.79. The largest absolute Gasteiger partial charge is 0.389 e. The van der Waals surface area contributed by atoms with Crippen LogP contribution in [0.5, 0.6) is 0 Å². The number of carbonyl (C=O) groups excluding carboxylic acids is 1. The van der Waals surface area contributed by atoms with Crippen LogP contribution in [0.15, 0.2) is 30.3 Å². The number of rotatable bonds is 7. The van der Waals surface area contributed by atoms with Crippen LogP contribution in [0, 0.1) is 5.92 Å². The third kappa shape index (κ3) is 5.03. The Morgan fingerprint density at radius 3 is 2.84 bits per heavy atom. The van der Waals surface area contributed by atoms with Crippen molar-refractivity contribution in [2.24, 2.45) is 5.92 Å². The molecule has 1 aliphatic heterocycles. The van der Waals surface area contributed by atoms with Gasteiger partial charge in [-0.3, -0.25) is 4.79 Å². The van der Waals surface area contributed by atoms with E-state index < -0.39 is 6.10 Å². The number of hydrogen-bond acceptors (Lipinski definition) is 4.